The van der Waals surface area contributed by atoms with Gasteiger partial charge < -0.3 is 15.9 Å². The summed E-state index contributed by atoms with van der Waals surface area (Å²) in [6.07, 6.45) is 3.09. The Morgan fingerprint density at radius 2 is 2.16 bits per heavy atom. The van der Waals surface area contributed by atoms with Gasteiger partial charge in [-0.3, -0.25) is 4.79 Å². The summed E-state index contributed by atoms with van der Waals surface area (Å²) >= 11 is 3.39. The maximum Gasteiger partial charge on any atom is 0.255 e. The van der Waals surface area contributed by atoms with Gasteiger partial charge >= 0.3 is 0 Å². The predicted octanol–water partition coefficient (Wildman–Crippen LogP) is 0.648. The third-order valence-electron chi connectivity index (χ3n) is 2.26. The fraction of sp³-hybridized carbons (Fsp3) is 0.182. The van der Waals surface area contributed by atoms with Crippen LogP contribution in [0.3, 0.4) is 0 Å². The molecule has 0 aliphatic heterocycles. The van der Waals surface area contributed by atoms with E-state index in [4.69, 9.17) is 10.5 Å². The first-order chi connectivity index (χ1) is 9.15. The molecule has 0 aliphatic rings. The van der Waals surface area contributed by atoms with Crippen LogP contribution in [0.25, 0.3) is 0 Å². The van der Waals surface area contributed by atoms with Gasteiger partial charge in [0.2, 0.25) is 0 Å². The van der Waals surface area contributed by atoms with Gasteiger partial charge in [-0.2, -0.15) is 0 Å². The molecule has 0 aliphatic carbocycles. The average Bonchev–Trinajstić information content (AvgIpc) is 2.88. The van der Waals surface area contributed by atoms with Crippen LogP contribution >= 0.6 is 15.9 Å². The summed E-state index contributed by atoms with van der Waals surface area (Å²) in [6, 6.07) is 5.50. The number of amides is 1. The number of nitrogens with two attached hydrogens (primary N) is 1. The van der Waals surface area contributed by atoms with Crippen molar-refractivity contribution < 1.29 is 9.53 Å². The van der Waals surface area contributed by atoms with Crippen molar-refractivity contribution in [3.63, 3.8) is 0 Å². The van der Waals surface area contributed by atoms with Crippen molar-refractivity contribution >= 4 is 21.8 Å². The predicted molar refractivity (Wildman–Crippen MR) is 71.9 cm³/mol. The van der Waals surface area contributed by atoms with E-state index in [2.05, 4.69) is 31.6 Å². The van der Waals surface area contributed by atoms with Crippen molar-refractivity contribution in [2.75, 3.05) is 12.0 Å². The van der Waals surface area contributed by atoms with E-state index in [0.29, 0.717) is 12.3 Å². The molecule has 0 saturated carbocycles. The fourth-order valence-corrected chi connectivity index (χ4v) is 1.84. The van der Waals surface area contributed by atoms with Gasteiger partial charge in [-0.05, 0) is 18.2 Å². The van der Waals surface area contributed by atoms with E-state index in [1.165, 1.54) is 0 Å². The van der Waals surface area contributed by atoms with Gasteiger partial charge in [0.25, 0.3) is 5.91 Å². The van der Waals surface area contributed by atoms with Gasteiger partial charge in [0.15, 0.2) is 6.61 Å². The van der Waals surface area contributed by atoms with Gasteiger partial charge in [0.1, 0.15) is 18.4 Å². The molecular formula is C11H12BrN5O2. The molecule has 1 amide bonds. The van der Waals surface area contributed by atoms with Gasteiger partial charge in [-0.1, -0.05) is 15.9 Å². The highest BCUT2D eigenvalue weighted by Crippen LogP contribution is 2.23. The molecule has 8 heteroatoms. The number of halogens is 1. The van der Waals surface area contributed by atoms with Crippen LogP contribution in [0, 0.1) is 0 Å². The molecule has 1 aromatic heterocycles. The second kappa shape index (κ2) is 6.19. The Labute approximate surface area is 117 Å². The number of aromatic nitrogens is 3. The van der Waals surface area contributed by atoms with E-state index in [1.807, 2.05) is 12.1 Å². The minimum absolute atomic E-state index is 0.152. The maximum absolute atomic E-state index is 10.7. The summed E-state index contributed by atoms with van der Waals surface area (Å²) < 4.78 is 7.89. The van der Waals surface area contributed by atoms with Crippen LogP contribution in [0.4, 0.5) is 0 Å². The summed E-state index contributed by atoms with van der Waals surface area (Å²) in [4.78, 5) is 10.7. The Morgan fingerprint density at radius 3 is 2.84 bits per heavy atom. The third-order valence-corrected chi connectivity index (χ3v) is 2.76. The second-order valence-corrected chi connectivity index (χ2v) is 4.63. The smallest absolute Gasteiger partial charge is 0.255 e. The lowest BCUT2D eigenvalue weighted by atomic mass is 10.2. The van der Waals surface area contributed by atoms with Crippen LogP contribution in [0.2, 0.25) is 0 Å². The lowest BCUT2D eigenvalue weighted by Crippen LogP contribution is -2.21. The Balaban J connectivity index is 2.08. The largest absolute Gasteiger partial charge is 0.483 e. The molecule has 2 rings (SSSR count). The number of carbonyl (C=O) groups excluding carboxylic acids is 1. The van der Waals surface area contributed by atoms with E-state index in [1.54, 1.807) is 23.4 Å². The van der Waals surface area contributed by atoms with Crippen LogP contribution < -0.4 is 15.9 Å². The Bertz CT molecular complexity index is 558. The first-order valence-electron chi connectivity index (χ1n) is 5.43. The lowest BCUT2D eigenvalue weighted by molar-refractivity contribution is -0.119. The normalized spacial score (nSPS) is 10.2. The summed E-state index contributed by atoms with van der Waals surface area (Å²) in [5.74, 6) is 0.0863. The quantitative estimate of drug-likeness (QED) is 0.813. The molecule has 100 valence electrons. The van der Waals surface area contributed by atoms with E-state index >= 15 is 0 Å². The van der Waals surface area contributed by atoms with Crippen molar-refractivity contribution in [2.24, 2.45) is 5.73 Å². The van der Waals surface area contributed by atoms with Crippen molar-refractivity contribution in [1.82, 2.24) is 14.9 Å². The molecule has 2 aromatic rings. The molecule has 0 saturated heterocycles. The van der Waals surface area contributed by atoms with E-state index in [9.17, 15) is 4.79 Å². The van der Waals surface area contributed by atoms with Crippen LogP contribution in [0.5, 0.6) is 5.75 Å². The van der Waals surface area contributed by atoms with Crippen molar-refractivity contribution in [1.29, 1.82) is 0 Å². The van der Waals surface area contributed by atoms with Crippen LogP contribution in [0.1, 0.15) is 5.56 Å². The van der Waals surface area contributed by atoms with Crippen molar-refractivity contribution in [3.05, 3.63) is 40.9 Å². The molecule has 0 spiro atoms. The molecule has 19 heavy (non-hydrogen) atoms. The van der Waals surface area contributed by atoms with Crippen LogP contribution in [-0.4, -0.2) is 27.4 Å². The van der Waals surface area contributed by atoms with E-state index in [-0.39, 0.29) is 6.61 Å². The van der Waals surface area contributed by atoms with Crippen LogP contribution in [0.15, 0.2) is 35.3 Å². The number of primary amides is 1. The molecular weight excluding hydrogens is 314 g/mol. The zero-order valence-electron chi connectivity index (χ0n) is 9.91. The van der Waals surface area contributed by atoms with Gasteiger partial charge in [0, 0.05) is 10.0 Å². The standard InChI is InChI=1S/C11H12BrN5O2/c12-9-1-2-10(19-5-11(13)18)8(3-9)4-16-17-6-14-15-7-17/h1-3,6-7,16H,4-5H2,(H2,13,18). The molecule has 1 heterocycles. The highest BCUT2D eigenvalue weighted by Gasteiger charge is 2.06. The summed E-state index contributed by atoms with van der Waals surface area (Å²) in [7, 11) is 0. The van der Waals surface area contributed by atoms with E-state index < -0.39 is 5.91 Å². The minimum Gasteiger partial charge on any atom is -0.483 e. The molecule has 0 bridgehead atoms. The first kappa shape index (κ1) is 13.3. The number of carbonyl (C=O) groups is 1. The number of nitrogens with zero attached hydrogens (tertiary/aromatic N) is 3. The number of benzene rings is 1. The number of hydrogen-bond donors (Lipinski definition) is 2. The molecule has 1 aromatic carbocycles. The third kappa shape index (κ3) is 3.95. The highest BCUT2D eigenvalue weighted by atomic mass is 79.9. The summed E-state index contributed by atoms with van der Waals surface area (Å²) in [5.41, 5.74) is 9.01. The highest BCUT2D eigenvalue weighted by molar-refractivity contribution is 9.10. The molecule has 3 N–H and O–H groups in total. The second-order valence-electron chi connectivity index (χ2n) is 3.71. The monoisotopic (exact) mass is 325 g/mol. The number of nitrogens with one attached hydrogen (secondary N) is 1. The zero-order valence-corrected chi connectivity index (χ0v) is 11.5. The van der Waals surface area contributed by atoms with Crippen LogP contribution in [-0.2, 0) is 11.3 Å². The minimum atomic E-state index is -0.513. The lowest BCUT2D eigenvalue weighted by Gasteiger charge is -2.12. The summed E-state index contributed by atoms with van der Waals surface area (Å²) in [6.45, 7) is 0.340. The zero-order chi connectivity index (χ0) is 13.7. The van der Waals surface area contributed by atoms with Gasteiger partial charge in [-0.15, -0.1) is 10.2 Å². The molecule has 0 radical (unpaired) electrons. The number of ether oxygens (including phenoxy) is 1. The SMILES string of the molecule is NC(=O)COc1ccc(Br)cc1CNn1cnnc1. The topological polar surface area (TPSA) is 95.1 Å². The fourth-order valence-electron chi connectivity index (χ4n) is 1.43. The van der Waals surface area contributed by atoms with Gasteiger partial charge in [0.05, 0.1) is 6.54 Å². The molecule has 0 fully saturated rings. The Morgan fingerprint density at radius 1 is 1.42 bits per heavy atom. The summed E-state index contributed by atoms with van der Waals surface area (Å²) in [5, 5.41) is 7.37. The number of hydrogen-bond acceptors (Lipinski definition) is 5. The Hall–Kier alpha value is -2.09. The number of rotatable bonds is 6. The van der Waals surface area contributed by atoms with E-state index in [0.717, 1.165) is 10.0 Å². The van der Waals surface area contributed by atoms with Crippen molar-refractivity contribution in [2.45, 2.75) is 6.54 Å². The molecule has 0 unspecified atom stereocenters. The maximum atomic E-state index is 10.7. The van der Waals surface area contributed by atoms with Crippen molar-refractivity contribution in [3.8, 4) is 5.75 Å². The first-order valence-corrected chi connectivity index (χ1v) is 6.22. The average molecular weight is 326 g/mol. The van der Waals surface area contributed by atoms with Gasteiger partial charge in [-0.25, -0.2) is 4.68 Å². The Kier molecular flexibility index (Phi) is 4.35. The molecule has 7 nitrogen and oxygen atoms in total. The molecule has 0 atom stereocenters.